The molecule has 2 aromatic carbocycles. The van der Waals surface area contributed by atoms with Gasteiger partial charge in [-0.2, -0.15) is 0 Å². The predicted molar refractivity (Wildman–Crippen MR) is 128 cm³/mol. The summed E-state index contributed by atoms with van der Waals surface area (Å²) in [6.07, 6.45) is 0.187. The lowest BCUT2D eigenvalue weighted by Crippen LogP contribution is -2.26. The molecule has 0 aliphatic heterocycles. The molecule has 8 heteroatoms. The van der Waals surface area contributed by atoms with Crippen LogP contribution in [0.3, 0.4) is 0 Å². The van der Waals surface area contributed by atoms with E-state index in [1.165, 1.54) is 0 Å². The molecule has 4 rings (SSSR count). The van der Waals surface area contributed by atoms with Crippen LogP contribution in [0.25, 0.3) is 11.0 Å². The summed E-state index contributed by atoms with van der Waals surface area (Å²) in [6.45, 7) is 6.22. The van der Waals surface area contributed by atoms with Crippen LogP contribution >= 0.6 is 15.9 Å². The first-order valence-electron chi connectivity index (χ1n) is 10.1. The molecular formula is C24H23BrN4O3. The van der Waals surface area contributed by atoms with Crippen molar-refractivity contribution in [2.45, 2.75) is 32.7 Å². The lowest BCUT2D eigenvalue weighted by Gasteiger charge is -2.24. The van der Waals surface area contributed by atoms with Gasteiger partial charge in [-0.15, -0.1) is 0 Å². The summed E-state index contributed by atoms with van der Waals surface area (Å²) in [4.78, 5) is 29.5. The summed E-state index contributed by atoms with van der Waals surface area (Å²) in [7, 11) is 0. The SMILES string of the molecule is CC(C)(C)n1c(NC(=O)Cc2ccc(NC(=O)c3ccc(Br)o3)cc2)nc2ccccc21. The molecule has 164 valence electrons. The summed E-state index contributed by atoms with van der Waals surface area (Å²) < 4.78 is 7.77. The van der Waals surface area contributed by atoms with Gasteiger partial charge in [0.05, 0.1) is 17.5 Å². The molecule has 0 aliphatic carbocycles. The Kier molecular flexibility index (Phi) is 5.88. The molecule has 0 unspecified atom stereocenters. The van der Waals surface area contributed by atoms with Crippen molar-refractivity contribution >= 4 is 50.4 Å². The Hall–Kier alpha value is -3.39. The highest BCUT2D eigenvalue weighted by Crippen LogP contribution is 2.28. The minimum atomic E-state index is -0.345. The first-order valence-corrected chi connectivity index (χ1v) is 10.9. The summed E-state index contributed by atoms with van der Waals surface area (Å²) in [5.41, 5.74) is 2.99. The van der Waals surface area contributed by atoms with Crippen LogP contribution in [-0.4, -0.2) is 21.4 Å². The molecule has 0 saturated heterocycles. The van der Waals surface area contributed by atoms with Crippen LogP contribution < -0.4 is 10.6 Å². The van der Waals surface area contributed by atoms with Gasteiger partial charge in [-0.25, -0.2) is 4.98 Å². The number of halogens is 1. The van der Waals surface area contributed by atoms with Crippen LogP contribution in [0.2, 0.25) is 0 Å². The third-order valence-electron chi connectivity index (χ3n) is 4.86. The molecule has 2 amide bonds. The number of fused-ring (bicyclic) bond motifs is 1. The Labute approximate surface area is 194 Å². The first-order chi connectivity index (χ1) is 15.2. The molecule has 0 spiro atoms. The first kappa shape index (κ1) is 21.8. The van der Waals surface area contributed by atoms with Crippen LogP contribution in [0.15, 0.2) is 69.8 Å². The fourth-order valence-corrected chi connectivity index (χ4v) is 3.78. The molecule has 0 saturated carbocycles. The zero-order chi connectivity index (χ0) is 22.9. The number of aromatic nitrogens is 2. The van der Waals surface area contributed by atoms with Gasteiger partial charge in [0.1, 0.15) is 0 Å². The summed E-state index contributed by atoms with van der Waals surface area (Å²) in [6, 6.07) is 18.2. The number of rotatable bonds is 5. The van der Waals surface area contributed by atoms with E-state index in [-0.39, 0.29) is 29.5 Å². The van der Waals surface area contributed by atoms with Gasteiger partial charge in [0.15, 0.2) is 10.4 Å². The normalized spacial score (nSPS) is 11.5. The second kappa shape index (κ2) is 8.63. The number of anilines is 2. The Morgan fingerprint density at radius 3 is 2.38 bits per heavy atom. The molecule has 0 radical (unpaired) electrons. The number of imidazole rings is 1. The van der Waals surface area contributed by atoms with Gasteiger partial charge in [-0.05, 0) is 78.7 Å². The highest BCUT2D eigenvalue weighted by molar-refractivity contribution is 9.10. The maximum Gasteiger partial charge on any atom is 0.291 e. The maximum absolute atomic E-state index is 12.7. The molecule has 2 aromatic heterocycles. The van der Waals surface area contributed by atoms with Crippen molar-refractivity contribution in [2.75, 3.05) is 10.6 Å². The second-order valence-electron chi connectivity index (χ2n) is 8.41. The monoisotopic (exact) mass is 494 g/mol. The lowest BCUT2D eigenvalue weighted by molar-refractivity contribution is -0.115. The zero-order valence-corrected chi connectivity index (χ0v) is 19.6. The molecule has 0 bridgehead atoms. The van der Waals surface area contributed by atoms with Gasteiger partial charge in [-0.3, -0.25) is 14.9 Å². The maximum atomic E-state index is 12.7. The van der Waals surface area contributed by atoms with Gasteiger partial charge >= 0.3 is 0 Å². The zero-order valence-electron chi connectivity index (χ0n) is 18.0. The minimum absolute atomic E-state index is 0.164. The van der Waals surface area contributed by atoms with E-state index >= 15 is 0 Å². The van der Waals surface area contributed by atoms with Crippen molar-refractivity contribution in [3.05, 3.63) is 76.7 Å². The molecule has 0 fully saturated rings. The van der Waals surface area contributed by atoms with E-state index in [0.29, 0.717) is 16.3 Å². The van der Waals surface area contributed by atoms with Crippen molar-refractivity contribution in [3.8, 4) is 0 Å². The number of nitrogens with zero attached hydrogens (tertiary/aromatic N) is 2. The van der Waals surface area contributed by atoms with Crippen molar-refractivity contribution in [3.63, 3.8) is 0 Å². The van der Waals surface area contributed by atoms with E-state index < -0.39 is 0 Å². The minimum Gasteiger partial charge on any atom is -0.444 e. The van der Waals surface area contributed by atoms with E-state index in [1.54, 1.807) is 36.4 Å². The summed E-state index contributed by atoms with van der Waals surface area (Å²) in [5.74, 6) is 0.226. The molecule has 0 aliphatic rings. The Balaban J connectivity index is 1.44. The van der Waals surface area contributed by atoms with E-state index in [1.807, 2.05) is 28.8 Å². The number of furan rings is 1. The Bertz CT molecular complexity index is 1280. The van der Waals surface area contributed by atoms with Crippen LogP contribution in [0, 0.1) is 0 Å². The van der Waals surface area contributed by atoms with Gasteiger partial charge < -0.3 is 14.3 Å². The van der Waals surface area contributed by atoms with Crippen LogP contribution in [-0.2, 0) is 16.8 Å². The van der Waals surface area contributed by atoms with Crippen LogP contribution in [0.5, 0.6) is 0 Å². The highest BCUT2D eigenvalue weighted by atomic mass is 79.9. The number of carbonyl (C=O) groups is 2. The predicted octanol–water partition coefficient (Wildman–Crippen LogP) is 5.58. The number of benzene rings is 2. The number of carbonyl (C=O) groups excluding carboxylic acids is 2. The van der Waals surface area contributed by atoms with E-state index in [9.17, 15) is 9.59 Å². The standard InChI is InChI=1S/C24H23BrN4O3/c1-24(2,3)29-18-7-5-4-6-17(18)27-23(29)28-21(30)14-15-8-10-16(11-9-15)26-22(31)19-12-13-20(25)32-19/h4-13H,14H2,1-3H3,(H,26,31)(H,27,28,30). The molecule has 4 aromatic rings. The molecule has 7 nitrogen and oxygen atoms in total. The molecule has 2 N–H and O–H groups in total. The van der Waals surface area contributed by atoms with Crippen molar-refractivity contribution in [1.29, 1.82) is 0 Å². The van der Waals surface area contributed by atoms with Crippen LogP contribution in [0.4, 0.5) is 11.6 Å². The number of hydrogen-bond donors (Lipinski definition) is 2. The fourth-order valence-electron chi connectivity index (χ4n) is 3.48. The number of amides is 2. The summed E-state index contributed by atoms with van der Waals surface area (Å²) >= 11 is 3.18. The molecule has 0 atom stereocenters. The average Bonchev–Trinajstić information content (AvgIpc) is 3.32. The van der Waals surface area contributed by atoms with Crippen molar-refractivity contribution in [2.24, 2.45) is 0 Å². The smallest absolute Gasteiger partial charge is 0.291 e. The number of hydrogen-bond acceptors (Lipinski definition) is 4. The van der Waals surface area contributed by atoms with Crippen LogP contribution in [0.1, 0.15) is 36.9 Å². The fraction of sp³-hybridized carbons (Fsp3) is 0.208. The highest BCUT2D eigenvalue weighted by Gasteiger charge is 2.22. The van der Waals surface area contributed by atoms with Gasteiger partial charge in [0.2, 0.25) is 11.9 Å². The Morgan fingerprint density at radius 2 is 1.72 bits per heavy atom. The summed E-state index contributed by atoms with van der Waals surface area (Å²) in [5, 5.41) is 5.72. The Morgan fingerprint density at radius 1 is 1.00 bits per heavy atom. The topological polar surface area (TPSA) is 89.2 Å². The van der Waals surface area contributed by atoms with Gasteiger partial charge in [0.25, 0.3) is 5.91 Å². The number of para-hydroxylation sites is 2. The van der Waals surface area contributed by atoms with E-state index in [0.717, 1.165) is 16.6 Å². The third-order valence-corrected chi connectivity index (χ3v) is 5.28. The van der Waals surface area contributed by atoms with E-state index in [2.05, 4.69) is 52.3 Å². The van der Waals surface area contributed by atoms with Crippen molar-refractivity contribution < 1.29 is 14.0 Å². The lowest BCUT2D eigenvalue weighted by atomic mass is 10.1. The third kappa shape index (κ3) is 4.75. The number of nitrogens with one attached hydrogen (secondary N) is 2. The quantitative estimate of drug-likeness (QED) is 0.378. The van der Waals surface area contributed by atoms with Crippen molar-refractivity contribution in [1.82, 2.24) is 9.55 Å². The molecular weight excluding hydrogens is 472 g/mol. The second-order valence-corrected chi connectivity index (χ2v) is 9.19. The average molecular weight is 495 g/mol. The largest absolute Gasteiger partial charge is 0.444 e. The van der Waals surface area contributed by atoms with Gasteiger partial charge in [-0.1, -0.05) is 24.3 Å². The van der Waals surface area contributed by atoms with E-state index in [4.69, 9.17) is 4.42 Å². The molecule has 2 heterocycles. The van der Waals surface area contributed by atoms with Gasteiger partial charge in [0, 0.05) is 11.2 Å². The molecule has 32 heavy (non-hydrogen) atoms.